The van der Waals surface area contributed by atoms with Crippen molar-refractivity contribution in [3.8, 4) is 0 Å². The van der Waals surface area contributed by atoms with Gasteiger partial charge in [0.1, 0.15) is 5.78 Å². The molecule has 1 fully saturated rings. The zero-order valence-electron chi connectivity index (χ0n) is 38.7. The summed E-state index contributed by atoms with van der Waals surface area (Å²) in [6, 6.07) is -0.344. The van der Waals surface area contributed by atoms with E-state index in [-0.39, 0.29) is 12.6 Å². The van der Waals surface area contributed by atoms with E-state index in [2.05, 4.69) is 19.9 Å². The van der Waals surface area contributed by atoms with Crippen molar-refractivity contribution in [2.45, 2.75) is 251 Å². The Morgan fingerprint density at radius 3 is 1.40 bits per heavy atom. The first kappa shape index (κ1) is 62.3. The average molecular weight is 820 g/mol. The Bertz CT molecular complexity index is 839. The maximum atomic E-state index is 10.7. The minimum atomic E-state index is -0.833. The molecule has 0 saturated carbocycles. The minimum Gasteiger partial charge on any atom is -0.481 e. The highest BCUT2D eigenvalue weighted by atomic mass is 16.7. The maximum absolute atomic E-state index is 10.7. The molecule has 0 aromatic carbocycles. The number of aliphatic hydroxyl groups excluding tert-OH is 3. The SMILES string of the molecule is CC(=O)O.CCCCCCCCCCCCC/C=C/[C@@H](O)[C@@H](N)CCOC1(C)CCC(C)(O)CO1.CCCCCCCCCCCCCCCC(C)=O.CO.CO. The van der Waals surface area contributed by atoms with Crippen LogP contribution in [0.5, 0.6) is 0 Å². The Morgan fingerprint density at radius 1 is 0.684 bits per heavy atom. The number of rotatable bonds is 32. The van der Waals surface area contributed by atoms with Gasteiger partial charge in [-0.15, -0.1) is 0 Å². The average Bonchev–Trinajstić information content (AvgIpc) is 3.18. The molecule has 0 aromatic rings. The van der Waals surface area contributed by atoms with Crippen LogP contribution in [0.15, 0.2) is 12.2 Å². The molecule has 0 aliphatic carbocycles. The minimum absolute atomic E-state index is 0.278. The summed E-state index contributed by atoms with van der Waals surface area (Å²) in [4.78, 5) is 19.7. The third-order valence-electron chi connectivity index (χ3n) is 10.0. The van der Waals surface area contributed by atoms with E-state index in [1.807, 2.05) is 13.0 Å². The Balaban J connectivity index is -0.000000456. The van der Waals surface area contributed by atoms with Crippen LogP contribution in [0.3, 0.4) is 0 Å². The highest BCUT2D eigenvalue weighted by Crippen LogP contribution is 2.31. The monoisotopic (exact) mass is 820 g/mol. The molecule has 344 valence electrons. The van der Waals surface area contributed by atoms with Crippen LogP contribution in [-0.2, 0) is 19.1 Å². The summed E-state index contributed by atoms with van der Waals surface area (Å²) in [6.07, 6.45) is 39.5. The number of allylic oxidation sites excluding steroid dienone is 1. The summed E-state index contributed by atoms with van der Waals surface area (Å²) in [5, 5.41) is 41.6. The number of carboxylic acid groups (broad SMARTS) is 1. The fraction of sp³-hybridized carbons (Fsp3) is 0.915. The molecule has 10 nitrogen and oxygen atoms in total. The van der Waals surface area contributed by atoms with Gasteiger partial charge in [-0.2, -0.15) is 0 Å². The van der Waals surface area contributed by atoms with Crippen LogP contribution in [0.4, 0.5) is 0 Å². The first-order valence-corrected chi connectivity index (χ1v) is 23.0. The number of carboxylic acids is 1. The molecule has 0 radical (unpaired) electrons. The molecule has 1 rings (SSSR count). The van der Waals surface area contributed by atoms with E-state index in [0.717, 1.165) is 40.4 Å². The lowest BCUT2D eigenvalue weighted by Crippen LogP contribution is -2.47. The van der Waals surface area contributed by atoms with Crippen molar-refractivity contribution in [1.82, 2.24) is 0 Å². The Morgan fingerprint density at radius 2 is 1.05 bits per heavy atom. The predicted molar refractivity (Wildman–Crippen MR) is 240 cm³/mol. The van der Waals surface area contributed by atoms with Gasteiger partial charge in [0, 0.05) is 40.0 Å². The first-order valence-electron chi connectivity index (χ1n) is 23.0. The molecule has 2 unspecified atom stereocenters. The Kier molecular flexibility index (Phi) is 51.6. The van der Waals surface area contributed by atoms with Gasteiger partial charge in [0.05, 0.1) is 24.9 Å². The van der Waals surface area contributed by atoms with Crippen molar-refractivity contribution >= 4 is 11.8 Å². The maximum Gasteiger partial charge on any atom is 0.300 e. The van der Waals surface area contributed by atoms with E-state index in [0.29, 0.717) is 31.7 Å². The molecular weight excluding hydrogens is 723 g/mol. The molecule has 10 heteroatoms. The van der Waals surface area contributed by atoms with Gasteiger partial charge in [0.2, 0.25) is 0 Å². The largest absolute Gasteiger partial charge is 0.481 e. The highest BCUT2D eigenvalue weighted by molar-refractivity contribution is 5.75. The molecule has 1 saturated heterocycles. The van der Waals surface area contributed by atoms with Crippen molar-refractivity contribution in [3.63, 3.8) is 0 Å². The number of Topliss-reactive ketones (excluding diaryl/α,β-unsaturated/α-hetero) is 1. The van der Waals surface area contributed by atoms with Gasteiger partial charge in [-0.3, -0.25) is 4.79 Å². The summed E-state index contributed by atoms with van der Waals surface area (Å²) < 4.78 is 11.5. The number of unbranched alkanes of at least 4 members (excludes halogenated alkanes) is 23. The van der Waals surface area contributed by atoms with Crippen LogP contribution in [0.25, 0.3) is 0 Å². The smallest absolute Gasteiger partial charge is 0.300 e. The van der Waals surface area contributed by atoms with Crippen LogP contribution in [0.2, 0.25) is 0 Å². The number of carbonyl (C=O) groups is 2. The van der Waals surface area contributed by atoms with Crippen molar-refractivity contribution in [2.75, 3.05) is 27.4 Å². The number of hydrogen-bond acceptors (Lipinski definition) is 9. The van der Waals surface area contributed by atoms with E-state index < -0.39 is 23.5 Å². The number of ether oxygens (including phenoxy) is 2. The zero-order chi connectivity index (χ0) is 44.1. The van der Waals surface area contributed by atoms with Crippen molar-refractivity contribution in [1.29, 1.82) is 0 Å². The summed E-state index contributed by atoms with van der Waals surface area (Å²) in [7, 11) is 2.00. The number of carbonyl (C=O) groups excluding carboxylic acids is 1. The fourth-order valence-corrected chi connectivity index (χ4v) is 6.34. The Hall–Kier alpha value is -1.40. The molecular formula is C47H97NO9. The second kappa shape index (κ2) is 47.3. The number of aliphatic carboxylic acids is 1. The number of aliphatic hydroxyl groups is 4. The van der Waals surface area contributed by atoms with Gasteiger partial charge >= 0.3 is 0 Å². The third kappa shape index (κ3) is 52.6. The molecule has 0 amide bonds. The zero-order valence-corrected chi connectivity index (χ0v) is 38.7. The van der Waals surface area contributed by atoms with E-state index >= 15 is 0 Å². The van der Waals surface area contributed by atoms with Crippen LogP contribution in [0, 0.1) is 0 Å². The van der Waals surface area contributed by atoms with E-state index in [1.165, 1.54) is 148 Å². The van der Waals surface area contributed by atoms with Crippen molar-refractivity contribution in [2.24, 2.45) is 5.73 Å². The van der Waals surface area contributed by atoms with Crippen LogP contribution in [0.1, 0.15) is 228 Å². The van der Waals surface area contributed by atoms with Gasteiger partial charge in [0.15, 0.2) is 5.79 Å². The first-order chi connectivity index (χ1) is 27.3. The molecule has 0 aromatic heterocycles. The molecule has 7 N–H and O–H groups in total. The topological polar surface area (TPSA) is 180 Å². The molecule has 0 spiro atoms. The van der Waals surface area contributed by atoms with E-state index in [4.69, 9.17) is 35.3 Å². The number of hydrogen-bond donors (Lipinski definition) is 6. The molecule has 1 aliphatic heterocycles. The lowest BCUT2D eigenvalue weighted by molar-refractivity contribution is -0.277. The predicted octanol–water partition coefficient (Wildman–Crippen LogP) is 11.0. The molecule has 0 bridgehead atoms. The summed E-state index contributed by atoms with van der Waals surface area (Å²) >= 11 is 0. The summed E-state index contributed by atoms with van der Waals surface area (Å²) in [6.45, 7) is 11.7. The van der Waals surface area contributed by atoms with Gasteiger partial charge in [0.25, 0.3) is 5.97 Å². The van der Waals surface area contributed by atoms with Gasteiger partial charge < -0.3 is 45.5 Å². The van der Waals surface area contributed by atoms with E-state index in [1.54, 1.807) is 13.8 Å². The van der Waals surface area contributed by atoms with Crippen LogP contribution < -0.4 is 5.73 Å². The Labute approximate surface area is 352 Å². The third-order valence-corrected chi connectivity index (χ3v) is 10.0. The second-order valence-corrected chi connectivity index (χ2v) is 16.2. The van der Waals surface area contributed by atoms with Crippen molar-refractivity contribution < 1.29 is 44.6 Å². The normalized spacial score (nSPS) is 18.4. The fourth-order valence-electron chi connectivity index (χ4n) is 6.34. The van der Waals surface area contributed by atoms with Crippen molar-refractivity contribution in [3.05, 3.63) is 12.2 Å². The lowest BCUT2D eigenvalue weighted by atomic mass is 9.94. The van der Waals surface area contributed by atoms with Crippen LogP contribution >= 0.6 is 0 Å². The lowest BCUT2D eigenvalue weighted by Gasteiger charge is -2.40. The standard InChI is InChI=1S/C26H51NO4.C17H34O.C2H4O2.2CH4O/c1-4-5-6-7-8-9-10-11-12-13-14-15-16-17-24(28)23(27)18-21-30-26(3)20-19-25(2,29)22-31-26;1-3-4-5-6-7-8-9-10-11-12-13-14-15-16-17(2)18;1-2(3)4;2*1-2/h16-17,23-24,28-29H,4-15,18-22,27H2,1-3H3;3-16H2,1-2H3;1H3,(H,3,4);2*2H,1H3/b17-16+;;;;/t23-,24+,25?,26?;;;;/m0..../s1. The van der Waals surface area contributed by atoms with Gasteiger partial charge in [-0.05, 0) is 52.9 Å². The highest BCUT2D eigenvalue weighted by Gasteiger charge is 2.38. The molecule has 1 heterocycles. The van der Waals surface area contributed by atoms with E-state index in [9.17, 15) is 15.0 Å². The molecule has 4 atom stereocenters. The van der Waals surface area contributed by atoms with Crippen LogP contribution in [-0.4, -0.2) is 88.3 Å². The van der Waals surface area contributed by atoms with Gasteiger partial charge in [-0.1, -0.05) is 167 Å². The number of ketones is 1. The molecule has 1 aliphatic rings. The number of nitrogens with two attached hydrogens (primary N) is 1. The second-order valence-electron chi connectivity index (χ2n) is 16.2. The summed E-state index contributed by atoms with van der Waals surface area (Å²) in [5.74, 6) is -1.16. The molecule has 57 heavy (non-hydrogen) atoms. The van der Waals surface area contributed by atoms with Gasteiger partial charge in [-0.25, -0.2) is 0 Å². The quantitative estimate of drug-likeness (QED) is 0.0282. The summed E-state index contributed by atoms with van der Waals surface area (Å²) in [5.41, 5.74) is 5.33.